The molecule has 1 aromatic carbocycles. The molecule has 0 aliphatic rings. The Hall–Kier alpha value is -1.76. The molecule has 0 atom stereocenters. The van der Waals surface area contributed by atoms with E-state index in [-0.39, 0.29) is 0 Å². The number of allylic oxidation sites excluding steroid dienone is 5. The molecule has 0 heterocycles. The summed E-state index contributed by atoms with van der Waals surface area (Å²) in [5.74, 6) is 0.378. The molecule has 0 aromatic heterocycles. The normalized spacial score (nSPS) is 11.5. The fourth-order valence-electron chi connectivity index (χ4n) is 2.41. The second-order valence-electron chi connectivity index (χ2n) is 5.68. The van der Waals surface area contributed by atoms with Crippen molar-refractivity contribution < 1.29 is 5.11 Å². The van der Waals surface area contributed by atoms with Crippen molar-refractivity contribution in [2.75, 3.05) is 0 Å². The zero-order valence-corrected chi connectivity index (χ0v) is 13.7. The number of unbranched alkanes of at least 4 members (excludes halogenated alkanes) is 5. The van der Waals surface area contributed by atoms with E-state index in [0.29, 0.717) is 5.75 Å². The second-order valence-corrected chi connectivity index (χ2v) is 5.68. The summed E-state index contributed by atoms with van der Waals surface area (Å²) in [6, 6.07) is 7.61. The van der Waals surface area contributed by atoms with Gasteiger partial charge in [-0.05, 0) is 56.2 Å². The maximum Gasteiger partial charge on any atom is 0.115 e. The van der Waals surface area contributed by atoms with Gasteiger partial charge in [-0.15, -0.1) is 6.58 Å². The van der Waals surface area contributed by atoms with Gasteiger partial charge in [0.1, 0.15) is 5.75 Å². The van der Waals surface area contributed by atoms with Gasteiger partial charge in [0.05, 0.1) is 0 Å². The summed E-state index contributed by atoms with van der Waals surface area (Å²) in [6.07, 6.45) is 21.5. The lowest BCUT2D eigenvalue weighted by Crippen LogP contribution is -1.86. The summed E-state index contributed by atoms with van der Waals surface area (Å²) < 4.78 is 0. The second kappa shape index (κ2) is 12.9. The van der Waals surface area contributed by atoms with E-state index in [9.17, 15) is 5.11 Å². The van der Waals surface area contributed by atoms with E-state index in [1.165, 1.54) is 44.1 Å². The molecule has 1 rings (SSSR count). The monoisotopic (exact) mass is 298 g/mol. The molecule has 0 amide bonds. The first kappa shape index (κ1) is 18.3. The molecule has 0 aliphatic carbocycles. The van der Waals surface area contributed by atoms with E-state index < -0.39 is 0 Å². The van der Waals surface area contributed by atoms with Crippen LogP contribution < -0.4 is 0 Å². The Balaban J connectivity index is 1.91. The van der Waals surface area contributed by atoms with Crippen LogP contribution in [0.3, 0.4) is 0 Å². The third-order valence-electron chi connectivity index (χ3n) is 3.66. The van der Waals surface area contributed by atoms with Gasteiger partial charge in [-0.2, -0.15) is 0 Å². The molecule has 0 bridgehead atoms. The molecule has 0 spiro atoms. The summed E-state index contributed by atoms with van der Waals surface area (Å²) in [5.41, 5.74) is 1.24. The summed E-state index contributed by atoms with van der Waals surface area (Å²) in [7, 11) is 0. The maximum atomic E-state index is 9.40. The van der Waals surface area contributed by atoms with Crippen molar-refractivity contribution in [3.05, 3.63) is 66.8 Å². The van der Waals surface area contributed by atoms with Crippen LogP contribution in [0.1, 0.15) is 56.9 Å². The maximum absolute atomic E-state index is 9.40. The van der Waals surface area contributed by atoms with E-state index in [1.54, 1.807) is 6.07 Å². The quantitative estimate of drug-likeness (QED) is 0.352. The Bertz CT molecular complexity index is 457. The molecular weight excluding hydrogens is 268 g/mol. The number of aryl methyl sites for hydroxylation is 1. The third-order valence-corrected chi connectivity index (χ3v) is 3.66. The van der Waals surface area contributed by atoms with Crippen molar-refractivity contribution in [1.29, 1.82) is 0 Å². The van der Waals surface area contributed by atoms with E-state index in [4.69, 9.17) is 0 Å². The molecule has 1 aromatic rings. The Morgan fingerprint density at radius 1 is 0.864 bits per heavy atom. The third kappa shape index (κ3) is 10.0. The predicted molar refractivity (Wildman–Crippen MR) is 97.2 cm³/mol. The molecule has 0 radical (unpaired) electrons. The highest BCUT2D eigenvalue weighted by atomic mass is 16.3. The van der Waals surface area contributed by atoms with Gasteiger partial charge in [0, 0.05) is 0 Å². The fourth-order valence-corrected chi connectivity index (χ4v) is 2.41. The molecule has 120 valence electrons. The summed E-state index contributed by atoms with van der Waals surface area (Å²) in [6.45, 7) is 3.69. The summed E-state index contributed by atoms with van der Waals surface area (Å²) >= 11 is 0. The van der Waals surface area contributed by atoms with Gasteiger partial charge >= 0.3 is 0 Å². The fraction of sp³-hybridized carbons (Fsp3) is 0.429. The van der Waals surface area contributed by atoms with Crippen molar-refractivity contribution in [1.82, 2.24) is 0 Å². The number of rotatable bonds is 12. The van der Waals surface area contributed by atoms with Gasteiger partial charge in [0.2, 0.25) is 0 Å². The van der Waals surface area contributed by atoms with E-state index in [0.717, 1.165) is 19.3 Å². The van der Waals surface area contributed by atoms with Crippen LogP contribution in [0.5, 0.6) is 5.75 Å². The number of phenols is 1. The zero-order chi connectivity index (χ0) is 15.9. The van der Waals surface area contributed by atoms with Crippen molar-refractivity contribution in [2.24, 2.45) is 0 Å². The van der Waals surface area contributed by atoms with Gasteiger partial charge in [0.25, 0.3) is 0 Å². The van der Waals surface area contributed by atoms with Gasteiger partial charge in [-0.3, -0.25) is 0 Å². The van der Waals surface area contributed by atoms with Crippen molar-refractivity contribution in [3.63, 3.8) is 0 Å². The lowest BCUT2D eigenvalue weighted by molar-refractivity contribution is 0.474. The first-order valence-corrected chi connectivity index (χ1v) is 8.51. The molecule has 0 saturated carbocycles. The average molecular weight is 298 g/mol. The Labute approximate surface area is 136 Å². The number of hydrogen-bond donors (Lipinski definition) is 1. The minimum Gasteiger partial charge on any atom is -0.508 e. The number of phenolic OH excluding ortho intramolecular Hbond substituents is 1. The molecule has 0 unspecified atom stereocenters. The lowest BCUT2D eigenvalue weighted by atomic mass is 10.0. The SMILES string of the molecule is C=CC/C=C\C/C=C\CCCCCCCc1cccc(O)c1. The molecule has 22 heavy (non-hydrogen) atoms. The Morgan fingerprint density at radius 2 is 1.59 bits per heavy atom. The van der Waals surface area contributed by atoms with Gasteiger partial charge in [-0.1, -0.05) is 61.8 Å². The summed E-state index contributed by atoms with van der Waals surface area (Å²) in [4.78, 5) is 0. The topological polar surface area (TPSA) is 20.2 Å². The van der Waals surface area contributed by atoms with Crippen LogP contribution in [-0.2, 0) is 6.42 Å². The van der Waals surface area contributed by atoms with E-state index in [1.807, 2.05) is 18.2 Å². The van der Waals surface area contributed by atoms with Crippen LogP contribution in [0.15, 0.2) is 61.2 Å². The molecule has 1 heteroatoms. The molecule has 1 nitrogen and oxygen atoms in total. The predicted octanol–water partition coefficient (Wildman–Crippen LogP) is 6.35. The largest absolute Gasteiger partial charge is 0.508 e. The van der Waals surface area contributed by atoms with Crippen LogP contribution in [0.25, 0.3) is 0 Å². The van der Waals surface area contributed by atoms with Gasteiger partial charge < -0.3 is 5.11 Å². The minimum absolute atomic E-state index is 0.378. The highest BCUT2D eigenvalue weighted by Gasteiger charge is 1.95. The van der Waals surface area contributed by atoms with Crippen LogP contribution in [0, 0.1) is 0 Å². The molecule has 0 aliphatic heterocycles. The van der Waals surface area contributed by atoms with Crippen molar-refractivity contribution in [3.8, 4) is 5.75 Å². The molecule has 0 fully saturated rings. The molecular formula is C21H30O. The minimum atomic E-state index is 0.378. The zero-order valence-electron chi connectivity index (χ0n) is 13.7. The molecule has 1 N–H and O–H groups in total. The van der Waals surface area contributed by atoms with Crippen LogP contribution in [0.4, 0.5) is 0 Å². The van der Waals surface area contributed by atoms with Crippen molar-refractivity contribution >= 4 is 0 Å². The van der Waals surface area contributed by atoms with Crippen LogP contribution in [-0.4, -0.2) is 5.11 Å². The highest BCUT2D eigenvalue weighted by molar-refractivity contribution is 5.27. The van der Waals surface area contributed by atoms with Gasteiger partial charge in [0.15, 0.2) is 0 Å². The smallest absolute Gasteiger partial charge is 0.115 e. The lowest BCUT2D eigenvalue weighted by Gasteiger charge is -2.02. The Morgan fingerprint density at radius 3 is 2.41 bits per heavy atom. The van der Waals surface area contributed by atoms with E-state index in [2.05, 4.69) is 36.9 Å². The Kier molecular flexibility index (Phi) is 10.8. The number of hydrogen-bond acceptors (Lipinski definition) is 1. The highest BCUT2D eigenvalue weighted by Crippen LogP contribution is 2.14. The van der Waals surface area contributed by atoms with Crippen molar-refractivity contribution in [2.45, 2.75) is 57.8 Å². The van der Waals surface area contributed by atoms with Gasteiger partial charge in [-0.25, -0.2) is 0 Å². The van der Waals surface area contributed by atoms with Crippen LogP contribution in [0.2, 0.25) is 0 Å². The first-order valence-electron chi connectivity index (χ1n) is 8.51. The number of benzene rings is 1. The summed E-state index contributed by atoms with van der Waals surface area (Å²) in [5, 5.41) is 9.40. The average Bonchev–Trinajstić information content (AvgIpc) is 2.52. The van der Waals surface area contributed by atoms with Crippen LogP contribution >= 0.6 is 0 Å². The molecule has 0 saturated heterocycles. The first-order chi connectivity index (χ1) is 10.8. The number of aromatic hydroxyl groups is 1. The standard InChI is InChI=1S/C21H30O/c1-2-3-4-5-6-7-8-9-10-11-12-13-14-16-20-17-15-18-21(22)19-20/h2,4-5,7-8,15,17-19,22H,1,3,6,9-14,16H2/b5-4-,8-7-. The van der Waals surface area contributed by atoms with E-state index >= 15 is 0 Å².